The minimum atomic E-state index is -0.565. The molecule has 0 aliphatic heterocycles. The first-order chi connectivity index (χ1) is 8.15. The summed E-state index contributed by atoms with van der Waals surface area (Å²) in [4.78, 5) is 28.8. The number of urea groups is 1. The highest BCUT2D eigenvalue weighted by Gasteiger charge is 2.26. The van der Waals surface area contributed by atoms with E-state index in [0.29, 0.717) is 24.8 Å². The van der Waals surface area contributed by atoms with Gasteiger partial charge in [-0.1, -0.05) is 0 Å². The van der Waals surface area contributed by atoms with E-state index in [0.717, 1.165) is 18.7 Å². The van der Waals surface area contributed by atoms with E-state index in [1.807, 2.05) is 0 Å². The van der Waals surface area contributed by atoms with Crippen molar-refractivity contribution in [2.24, 2.45) is 5.73 Å². The van der Waals surface area contributed by atoms with Gasteiger partial charge in [-0.25, -0.2) is 9.78 Å². The minimum Gasteiger partial charge on any atom is -0.368 e. The molecule has 0 unspecified atom stereocenters. The third-order valence-electron chi connectivity index (χ3n) is 2.45. The summed E-state index contributed by atoms with van der Waals surface area (Å²) in [5.74, 6) is 1.66. The van der Waals surface area contributed by atoms with Crippen LogP contribution in [-0.4, -0.2) is 29.1 Å². The van der Waals surface area contributed by atoms with Gasteiger partial charge in [-0.2, -0.15) is 0 Å². The summed E-state index contributed by atoms with van der Waals surface area (Å²) in [6.45, 7) is 0.867. The van der Waals surface area contributed by atoms with Crippen LogP contribution in [-0.2, 0) is 0 Å². The van der Waals surface area contributed by atoms with E-state index < -0.39 is 6.03 Å². The average molecular weight is 237 g/mol. The van der Waals surface area contributed by atoms with Crippen molar-refractivity contribution in [3.05, 3.63) is 22.2 Å². The lowest BCUT2D eigenvalue weighted by molar-refractivity contribution is 0.249. The number of aromatic nitrogens is 2. The molecule has 0 bridgehead atoms. The van der Waals surface area contributed by atoms with Gasteiger partial charge in [0, 0.05) is 25.1 Å². The molecule has 0 aromatic carbocycles. The molecule has 0 spiro atoms. The van der Waals surface area contributed by atoms with Crippen molar-refractivity contribution in [1.29, 1.82) is 0 Å². The lowest BCUT2D eigenvalue weighted by Crippen LogP contribution is -2.33. The smallest absolute Gasteiger partial charge is 0.312 e. The highest BCUT2D eigenvalue weighted by molar-refractivity contribution is 5.71. The SMILES string of the molecule is NC(=O)NCCNc1cc(=O)[nH]c(C2CC2)n1. The second-order valence-corrected chi connectivity index (χ2v) is 4.01. The van der Waals surface area contributed by atoms with Crippen LogP contribution < -0.4 is 21.9 Å². The van der Waals surface area contributed by atoms with E-state index in [-0.39, 0.29) is 5.56 Å². The second-order valence-electron chi connectivity index (χ2n) is 4.01. The maximum atomic E-state index is 11.4. The molecule has 2 amide bonds. The fraction of sp³-hybridized carbons (Fsp3) is 0.500. The molecule has 17 heavy (non-hydrogen) atoms. The molecule has 1 aromatic heterocycles. The van der Waals surface area contributed by atoms with Crippen LogP contribution in [0.2, 0.25) is 0 Å². The highest BCUT2D eigenvalue weighted by Crippen LogP contribution is 2.37. The van der Waals surface area contributed by atoms with Gasteiger partial charge in [0.15, 0.2) is 0 Å². The van der Waals surface area contributed by atoms with Crippen molar-refractivity contribution in [2.75, 3.05) is 18.4 Å². The number of hydrogen-bond donors (Lipinski definition) is 4. The molecule has 5 N–H and O–H groups in total. The summed E-state index contributed by atoms with van der Waals surface area (Å²) in [5.41, 5.74) is 4.76. The Morgan fingerprint density at radius 1 is 1.53 bits per heavy atom. The lowest BCUT2D eigenvalue weighted by Gasteiger charge is -2.06. The van der Waals surface area contributed by atoms with Crippen LogP contribution in [0.3, 0.4) is 0 Å². The fourth-order valence-corrected chi connectivity index (χ4v) is 1.49. The average Bonchev–Trinajstić information content (AvgIpc) is 3.07. The number of anilines is 1. The fourth-order valence-electron chi connectivity index (χ4n) is 1.49. The van der Waals surface area contributed by atoms with Crippen LogP contribution in [0.5, 0.6) is 0 Å². The predicted molar refractivity (Wildman–Crippen MR) is 62.9 cm³/mol. The van der Waals surface area contributed by atoms with Crippen LogP contribution in [0.25, 0.3) is 0 Å². The lowest BCUT2D eigenvalue weighted by atomic mass is 10.4. The number of amides is 2. The van der Waals surface area contributed by atoms with E-state index in [1.54, 1.807) is 0 Å². The molecule has 0 saturated heterocycles. The molecule has 7 heteroatoms. The molecule has 1 saturated carbocycles. The zero-order valence-corrected chi connectivity index (χ0v) is 9.32. The van der Waals surface area contributed by atoms with E-state index in [9.17, 15) is 9.59 Å². The number of aromatic amines is 1. The summed E-state index contributed by atoms with van der Waals surface area (Å²) in [7, 11) is 0. The Kier molecular flexibility index (Phi) is 3.27. The van der Waals surface area contributed by atoms with Crippen molar-refractivity contribution in [2.45, 2.75) is 18.8 Å². The first-order valence-corrected chi connectivity index (χ1v) is 5.53. The molecule has 0 atom stereocenters. The molecule has 1 heterocycles. The molecule has 7 nitrogen and oxygen atoms in total. The number of primary amides is 1. The van der Waals surface area contributed by atoms with Gasteiger partial charge >= 0.3 is 6.03 Å². The Hall–Kier alpha value is -2.05. The number of rotatable bonds is 5. The number of hydrogen-bond acceptors (Lipinski definition) is 4. The summed E-state index contributed by atoms with van der Waals surface area (Å²) >= 11 is 0. The van der Waals surface area contributed by atoms with Gasteiger partial charge in [0.25, 0.3) is 5.56 Å². The third kappa shape index (κ3) is 3.47. The minimum absolute atomic E-state index is 0.160. The van der Waals surface area contributed by atoms with Gasteiger partial charge in [-0.15, -0.1) is 0 Å². The summed E-state index contributed by atoms with van der Waals surface area (Å²) in [5, 5.41) is 5.41. The maximum Gasteiger partial charge on any atom is 0.312 e. The maximum absolute atomic E-state index is 11.4. The number of H-pyrrole nitrogens is 1. The zero-order chi connectivity index (χ0) is 12.3. The molecule has 1 aliphatic rings. The molecule has 1 fully saturated rings. The van der Waals surface area contributed by atoms with E-state index in [1.165, 1.54) is 6.07 Å². The summed E-state index contributed by atoms with van der Waals surface area (Å²) in [6.07, 6.45) is 2.16. The molecular weight excluding hydrogens is 222 g/mol. The van der Waals surface area contributed by atoms with Crippen LogP contribution in [0.15, 0.2) is 10.9 Å². The third-order valence-corrected chi connectivity index (χ3v) is 2.45. The van der Waals surface area contributed by atoms with Crippen molar-refractivity contribution < 1.29 is 4.79 Å². The molecule has 2 rings (SSSR count). The summed E-state index contributed by atoms with van der Waals surface area (Å²) < 4.78 is 0. The largest absolute Gasteiger partial charge is 0.368 e. The Labute approximate surface area is 97.8 Å². The molecule has 1 aliphatic carbocycles. The highest BCUT2D eigenvalue weighted by atomic mass is 16.2. The Balaban J connectivity index is 1.91. The quantitative estimate of drug-likeness (QED) is 0.528. The Morgan fingerprint density at radius 3 is 2.94 bits per heavy atom. The van der Waals surface area contributed by atoms with Gasteiger partial charge in [0.2, 0.25) is 0 Å². The topological polar surface area (TPSA) is 113 Å². The van der Waals surface area contributed by atoms with Crippen molar-refractivity contribution >= 4 is 11.8 Å². The first kappa shape index (κ1) is 11.4. The van der Waals surface area contributed by atoms with Crippen LogP contribution >= 0.6 is 0 Å². The molecule has 0 radical (unpaired) electrons. The van der Waals surface area contributed by atoms with Crippen molar-refractivity contribution in [3.63, 3.8) is 0 Å². The van der Waals surface area contributed by atoms with Gasteiger partial charge in [-0.3, -0.25) is 4.79 Å². The molecule has 92 valence electrons. The Bertz CT molecular complexity index is 466. The first-order valence-electron chi connectivity index (χ1n) is 5.53. The van der Waals surface area contributed by atoms with Crippen LogP contribution in [0.4, 0.5) is 10.6 Å². The van der Waals surface area contributed by atoms with Gasteiger partial charge < -0.3 is 21.4 Å². The molecule has 1 aromatic rings. The van der Waals surface area contributed by atoms with Crippen molar-refractivity contribution in [1.82, 2.24) is 15.3 Å². The molecular formula is C10H15N5O2. The monoisotopic (exact) mass is 237 g/mol. The standard InChI is InChI=1S/C10H15N5O2/c11-10(17)13-4-3-12-7-5-8(16)15-9(14-7)6-1-2-6/h5-6H,1-4H2,(H3,11,13,17)(H2,12,14,15,16). The predicted octanol–water partition coefficient (Wildman–Crippen LogP) is -0.273. The normalized spacial score (nSPS) is 14.4. The van der Waals surface area contributed by atoms with E-state index in [2.05, 4.69) is 20.6 Å². The summed E-state index contributed by atoms with van der Waals surface area (Å²) in [6, 6.07) is 0.834. The van der Waals surface area contributed by atoms with Gasteiger partial charge in [-0.05, 0) is 12.8 Å². The van der Waals surface area contributed by atoms with E-state index in [4.69, 9.17) is 5.73 Å². The van der Waals surface area contributed by atoms with Crippen LogP contribution in [0, 0.1) is 0 Å². The second kappa shape index (κ2) is 4.86. The van der Waals surface area contributed by atoms with Gasteiger partial charge in [0.05, 0.1) is 0 Å². The van der Waals surface area contributed by atoms with Gasteiger partial charge in [0.1, 0.15) is 11.6 Å². The van der Waals surface area contributed by atoms with Crippen molar-refractivity contribution in [3.8, 4) is 0 Å². The number of nitrogens with zero attached hydrogens (tertiary/aromatic N) is 1. The number of nitrogens with one attached hydrogen (secondary N) is 3. The van der Waals surface area contributed by atoms with E-state index >= 15 is 0 Å². The number of carbonyl (C=O) groups excluding carboxylic acids is 1. The number of nitrogens with two attached hydrogens (primary N) is 1. The van der Waals surface area contributed by atoms with Crippen LogP contribution in [0.1, 0.15) is 24.6 Å². The zero-order valence-electron chi connectivity index (χ0n) is 9.32. The Morgan fingerprint density at radius 2 is 2.29 bits per heavy atom. The number of carbonyl (C=O) groups is 1.